The van der Waals surface area contributed by atoms with E-state index in [0.29, 0.717) is 19.3 Å². The summed E-state index contributed by atoms with van der Waals surface area (Å²) in [4.78, 5) is 34.6. The van der Waals surface area contributed by atoms with Crippen LogP contribution in [0.2, 0.25) is 0 Å². The van der Waals surface area contributed by atoms with E-state index in [1.165, 1.54) is 7.11 Å². The van der Waals surface area contributed by atoms with E-state index in [9.17, 15) is 14.4 Å². The van der Waals surface area contributed by atoms with Gasteiger partial charge in [-0.15, -0.1) is 0 Å². The van der Waals surface area contributed by atoms with Gasteiger partial charge in [0.05, 0.1) is 26.1 Å². The molecule has 9 heteroatoms. The van der Waals surface area contributed by atoms with Gasteiger partial charge in [0, 0.05) is 18.2 Å². The zero-order valence-corrected chi connectivity index (χ0v) is 25.0. The minimum atomic E-state index is -0.171. The molecule has 0 bridgehead atoms. The third-order valence-electron chi connectivity index (χ3n) is 4.43. The van der Waals surface area contributed by atoms with Crippen molar-refractivity contribution in [2.75, 3.05) is 34.3 Å². The van der Waals surface area contributed by atoms with Crippen molar-refractivity contribution in [2.45, 2.75) is 40.5 Å². The molecule has 1 aromatic rings. The molecule has 9 nitrogen and oxygen atoms in total. The molecule has 1 atom stereocenters. The summed E-state index contributed by atoms with van der Waals surface area (Å²) in [5.41, 5.74) is 12.8. The Balaban J connectivity index is 0. The lowest BCUT2D eigenvalue weighted by Crippen LogP contribution is -2.28. The number of nitrogens with one attached hydrogen (secondary N) is 2. The van der Waals surface area contributed by atoms with E-state index < -0.39 is 0 Å². The minimum Gasteiger partial charge on any atom is -0.469 e. The number of aliphatic imine (C=N–C) groups is 1. The van der Waals surface area contributed by atoms with Crippen molar-refractivity contribution < 1.29 is 19.1 Å². The van der Waals surface area contributed by atoms with Crippen molar-refractivity contribution in [1.29, 1.82) is 0 Å². The van der Waals surface area contributed by atoms with Crippen molar-refractivity contribution in [3.8, 4) is 11.8 Å². The first kappa shape index (κ1) is 38.0. The molecule has 1 aliphatic rings. The maximum absolute atomic E-state index is 11.5. The third-order valence-corrected chi connectivity index (χ3v) is 4.43. The highest BCUT2D eigenvalue weighted by Gasteiger charge is 2.14. The molecule has 1 aliphatic carbocycles. The molecule has 0 aliphatic heterocycles. The Hall–Kier alpha value is -4.16. The predicted molar refractivity (Wildman–Crippen MR) is 164 cm³/mol. The van der Waals surface area contributed by atoms with Crippen molar-refractivity contribution in [3.05, 3.63) is 71.3 Å². The maximum atomic E-state index is 11.5. The first-order chi connectivity index (χ1) is 19.0. The number of hydrogen-bond donors (Lipinski definition) is 4. The highest BCUT2D eigenvalue weighted by Crippen LogP contribution is 2.18. The number of guanidine groups is 1. The smallest absolute Gasteiger partial charge is 0.308 e. The topological polar surface area (TPSA) is 149 Å². The van der Waals surface area contributed by atoms with Crippen molar-refractivity contribution >= 4 is 24.1 Å². The van der Waals surface area contributed by atoms with E-state index in [0.717, 1.165) is 29.0 Å². The van der Waals surface area contributed by atoms with Gasteiger partial charge in [-0.2, -0.15) is 0 Å². The van der Waals surface area contributed by atoms with Crippen LogP contribution in [-0.2, 0) is 19.1 Å². The molecule has 0 heterocycles. The minimum absolute atomic E-state index is 0.0162. The summed E-state index contributed by atoms with van der Waals surface area (Å²) in [7, 11) is 4.77. The number of amides is 1. The van der Waals surface area contributed by atoms with Crippen molar-refractivity contribution in [1.82, 2.24) is 10.6 Å². The SMILES string of the molecule is CC(C)C.CNCC(=O)NC.COC(=O)[C@@H](C)CC1=CCC=C(C#Cc2ccccc2)C=C1.NC(N)=NCC=O. The van der Waals surface area contributed by atoms with E-state index in [-0.39, 0.29) is 30.3 Å². The second-order valence-electron chi connectivity index (χ2n) is 9.12. The largest absolute Gasteiger partial charge is 0.469 e. The quantitative estimate of drug-likeness (QED) is 0.133. The second-order valence-corrected chi connectivity index (χ2v) is 9.12. The molecule has 6 N–H and O–H groups in total. The lowest BCUT2D eigenvalue weighted by atomic mass is 10.0. The van der Waals surface area contributed by atoms with E-state index in [1.54, 1.807) is 14.1 Å². The number of nitrogens with two attached hydrogens (primary N) is 2. The van der Waals surface area contributed by atoms with Gasteiger partial charge in [-0.25, -0.2) is 4.99 Å². The number of rotatable bonds is 7. The van der Waals surface area contributed by atoms with Gasteiger partial charge in [0.2, 0.25) is 5.91 Å². The zero-order chi connectivity index (χ0) is 30.8. The van der Waals surface area contributed by atoms with Crippen LogP contribution in [0, 0.1) is 23.7 Å². The molecule has 0 saturated carbocycles. The molecule has 1 amide bonds. The molecule has 2 rings (SSSR count). The number of likely N-dealkylation sites (N-methyl/N-ethyl adjacent to an activating group) is 2. The number of allylic oxidation sites excluding steroid dienone is 6. The predicted octanol–water partition coefficient (Wildman–Crippen LogP) is 3.12. The molecule has 0 radical (unpaired) electrons. The standard InChI is InChI=1S/C20H20O2.C4H10N2O.C4H10.C3H7N3O/c1-16(20(21)22-2)15-19-10-6-9-18(13-14-19)12-11-17-7-4-3-5-8-17;1-5-3-4(7)6-2;1-4(2)3;4-3(5)6-1-2-7/h3-5,7-10,13-14,16H,6,15H2,1-2H3;5H,3H2,1-2H3,(H,6,7);4H,1-3H3;2H,1H2,(H4,4,5,6)/t16-;;;/m0.../s1. The Labute approximate surface area is 240 Å². The highest BCUT2D eigenvalue weighted by atomic mass is 16.5. The number of nitrogens with zero attached hydrogens (tertiary/aromatic N) is 1. The first-order valence-corrected chi connectivity index (χ1v) is 13.1. The Kier molecular flexibility index (Phi) is 23.9. The molecule has 1 aromatic carbocycles. The molecule has 40 heavy (non-hydrogen) atoms. The first-order valence-electron chi connectivity index (χ1n) is 13.1. The van der Waals surface area contributed by atoms with Gasteiger partial charge in [-0.3, -0.25) is 9.59 Å². The number of methoxy groups -OCH3 is 1. The average molecular weight is 554 g/mol. The van der Waals surface area contributed by atoms with Crippen molar-refractivity contribution in [2.24, 2.45) is 28.3 Å². The number of esters is 1. The Bertz CT molecular complexity index is 1040. The van der Waals surface area contributed by atoms with E-state index in [2.05, 4.69) is 60.4 Å². The summed E-state index contributed by atoms with van der Waals surface area (Å²) in [5.74, 6) is 6.85. The molecule has 0 unspecified atom stereocenters. The van der Waals surface area contributed by atoms with E-state index in [1.807, 2.05) is 49.4 Å². The summed E-state index contributed by atoms with van der Waals surface area (Å²) >= 11 is 0. The molecule has 0 fully saturated rings. The Morgan fingerprint density at radius 2 is 1.68 bits per heavy atom. The average Bonchev–Trinajstić information content (AvgIpc) is 3.16. The summed E-state index contributed by atoms with van der Waals surface area (Å²) in [5, 5.41) is 5.17. The normalized spacial score (nSPS) is 11.8. The van der Waals surface area contributed by atoms with Crippen LogP contribution < -0.4 is 22.1 Å². The van der Waals surface area contributed by atoms with Crippen LogP contribution in [0.25, 0.3) is 0 Å². The van der Waals surface area contributed by atoms with E-state index in [4.69, 9.17) is 16.2 Å². The van der Waals surface area contributed by atoms with Crippen LogP contribution in [0.4, 0.5) is 0 Å². The number of carbonyl (C=O) groups excluding carboxylic acids is 3. The zero-order valence-electron chi connectivity index (χ0n) is 25.0. The molecular weight excluding hydrogens is 506 g/mol. The lowest BCUT2D eigenvalue weighted by molar-refractivity contribution is -0.144. The lowest BCUT2D eigenvalue weighted by Gasteiger charge is -2.09. The van der Waals surface area contributed by atoms with Gasteiger partial charge in [-0.1, -0.05) is 81.5 Å². The van der Waals surface area contributed by atoms with Gasteiger partial charge in [-0.05, 0) is 44.0 Å². The summed E-state index contributed by atoms with van der Waals surface area (Å²) in [6.45, 7) is 8.84. The Morgan fingerprint density at radius 1 is 1.05 bits per heavy atom. The number of carbonyl (C=O) groups is 3. The number of hydrogen-bond acceptors (Lipinski definition) is 6. The second kappa shape index (κ2) is 25.1. The Morgan fingerprint density at radius 3 is 2.12 bits per heavy atom. The number of aldehydes is 1. The van der Waals surface area contributed by atoms with Gasteiger partial charge in [0.15, 0.2) is 5.96 Å². The third kappa shape index (κ3) is 24.2. The monoisotopic (exact) mass is 553 g/mol. The summed E-state index contributed by atoms with van der Waals surface area (Å²) < 4.78 is 4.77. The van der Waals surface area contributed by atoms with Crippen LogP contribution in [-0.4, -0.2) is 58.4 Å². The van der Waals surface area contributed by atoms with Crippen LogP contribution in [0.5, 0.6) is 0 Å². The highest BCUT2D eigenvalue weighted by molar-refractivity contribution is 5.77. The van der Waals surface area contributed by atoms with Crippen LogP contribution in [0.1, 0.15) is 46.1 Å². The van der Waals surface area contributed by atoms with Crippen molar-refractivity contribution in [3.63, 3.8) is 0 Å². The fraction of sp³-hybridized carbons (Fsp3) is 0.419. The fourth-order valence-electron chi connectivity index (χ4n) is 2.61. The van der Waals surface area contributed by atoms with Gasteiger partial charge >= 0.3 is 5.97 Å². The number of benzene rings is 1. The van der Waals surface area contributed by atoms with Crippen LogP contribution >= 0.6 is 0 Å². The molecule has 0 aromatic heterocycles. The van der Waals surface area contributed by atoms with Crippen LogP contribution in [0.15, 0.2) is 70.8 Å². The fourth-order valence-corrected chi connectivity index (χ4v) is 2.61. The molecule has 0 saturated heterocycles. The molecule has 0 spiro atoms. The van der Waals surface area contributed by atoms with E-state index >= 15 is 0 Å². The van der Waals surface area contributed by atoms with Gasteiger partial charge < -0.3 is 31.6 Å². The maximum Gasteiger partial charge on any atom is 0.308 e. The summed E-state index contributed by atoms with van der Waals surface area (Å²) in [6, 6.07) is 9.93. The summed E-state index contributed by atoms with van der Waals surface area (Å²) in [6.07, 6.45) is 10.4. The van der Waals surface area contributed by atoms with Gasteiger partial charge in [0.25, 0.3) is 0 Å². The van der Waals surface area contributed by atoms with Crippen LogP contribution in [0.3, 0.4) is 0 Å². The molecular formula is C31H47N5O4. The molecule has 220 valence electrons. The number of ether oxygens (including phenoxy) is 1. The van der Waals surface area contributed by atoms with Gasteiger partial charge in [0.1, 0.15) is 6.29 Å².